The average molecular weight is 298 g/mol. The smallest absolute Gasteiger partial charge is 0.317 e. The van der Waals surface area contributed by atoms with E-state index in [1.54, 1.807) is 11.9 Å². The highest BCUT2D eigenvalue weighted by Crippen LogP contribution is 2.23. The summed E-state index contributed by atoms with van der Waals surface area (Å²) < 4.78 is 0.375. The summed E-state index contributed by atoms with van der Waals surface area (Å²) in [5.41, 5.74) is 5.87. The zero-order chi connectivity index (χ0) is 14.4. The van der Waals surface area contributed by atoms with E-state index in [2.05, 4.69) is 0 Å². The Morgan fingerprint density at radius 2 is 2.00 bits per heavy atom. The molecule has 1 aromatic carbocycles. The third-order valence-electron chi connectivity index (χ3n) is 2.32. The summed E-state index contributed by atoms with van der Waals surface area (Å²) in [6.07, 6.45) is -0.247. The number of amides is 1. The number of thioether (sulfide) groups is 1. The fourth-order valence-electron chi connectivity index (χ4n) is 1.32. The summed E-state index contributed by atoms with van der Waals surface area (Å²) in [5.74, 6) is -1.77. The Morgan fingerprint density at radius 3 is 2.47 bits per heavy atom. The van der Waals surface area contributed by atoms with E-state index in [-0.39, 0.29) is 6.42 Å². The quantitative estimate of drug-likeness (QED) is 0.801. The van der Waals surface area contributed by atoms with Gasteiger partial charge in [-0.1, -0.05) is 42.2 Å². The van der Waals surface area contributed by atoms with Gasteiger partial charge in [-0.05, 0) is 12.1 Å². The second-order valence-corrected chi connectivity index (χ2v) is 5.61. The van der Waals surface area contributed by atoms with E-state index in [9.17, 15) is 9.59 Å². The Labute approximate surface area is 120 Å². The van der Waals surface area contributed by atoms with Crippen LogP contribution in [-0.4, -0.2) is 33.6 Å². The minimum Gasteiger partial charge on any atom is -0.480 e. The van der Waals surface area contributed by atoms with Gasteiger partial charge in [0.15, 0.2) is 0 Å². The van der Waals surface area contributed by atoms with E-state index < -0.39 is 17.1 Å². The highest BCUT2D eigenvalue weighted by Gasteiger charge is 2.24. The number of primary amides is 1. The van der Waals surface area contributed by atoms with Crippen molar-refractivity contribution in [2.24, 2.45) is 5.73 Å². The summed E-state index contributed by atoms with van der Waals surface area (Å²) in [6, 6.07) is 9.31. The molecule has 1 amide bonds. The predicted octanol–water partition coefficient (Wildman–Crippen LogP) is 1.47. The zero-order valence-electron chi connectivity index (χ0n) is 10.3. The Morgan fingerprint density at radius 1 is 1.42 bits per heavy atom. The molecule has 0 spiro atoms. The van der Waals surface area contributed by atoms with Gasteiger partial charge in [0.25, 0.3) is 0 Å². The molecule has 0 unspecified atom stereocenters. The zero-order valence-corrected chi connectivity index (χ0v) is 11.9. The van der Waals surface area contributed by atoms with E-state index in [4.69, 9.17) is 23.1 Å². The topological polar surface area (TPSA) is 83.6 Å². The number of para-hydroxylation sites is 1. The van der Waals surface area contributed by atoms with Crippen LogP contribution in [0.1, 0.15) is 6.42 Å². The Balaban J connectivity index is 2.72. The van der Waals surface area contributed by atoms with Gasteiger partial charge in [-0.3, -0.25) is 9.59 Å². The van der Waals surface area contributed by atoms with Crippen LogP contribution < -0.4 is 10.6 Å². The largest absolute Gasteiger partial charge is 0.480 e. The van der Waals surface area contributed by atoms with Crippen molar-refractivity contribution in [2.45, 2.75) is 11.7 Å². The molecule has 1 rings (SSSR count). The van der Waals surface area contributed by atoms with Crippen molar-refractivity contribution in [3.63, 3.8) is 0 Å². The molecule has 0 saturated heterocycles. The maximum absolute atomic E-state index is 11.0. The molecule has 0 saturated carbocycles. The van der Waals surface area contributed by atoms with E-state index in [1.165, 1.54) is 0 Å². The number of hydrogen-bond acceptors (Lipinski definition) is 4. The number of carbonyl (C=O) groups excluding carboxylic acids is 1. The molecule has 0 aliphatic carbocycles. The van der Waals surface area contributed by atoms with Crippen LogP contribution in [0.2, 0.25) is 0 Å². The number of nitrogens with two attached hydrogens (primary N) is 1. The molecule has 0 fully saturated rings. The van der Waals surface area contributed by atoms with Crippen molar-refractivity contribution in [2.75, 3.05) is 11.9 Å². The van der Waals surface area contributed by atoms with E-state index in [0.717, 1.165) is 17.4 Å². The van der Waals surface area contributed by atoms with E-state index in [0.29, 0.717) is 4.32 Å². The molecule has 1 atom stereocenters. The first kappa shape index (κ1) is 15.5. The summed E-state index contributed by atoms with van der Waals surface area (Å²) >= 11 is 6.12. The van der Waals surface area contributed by atoms with E-state index in [1.807, 2.05) is 30.3 Å². The van der Waals surface area contributed by atoms with Gasteiger partial charge in [0.2, 0.25) is 5.91 Å². The molecular weight excluding hydrogens is 284 g/mol. The van der Waals surface area contributed by atoms with Crippen molar-refractivity contribution in [3.05, 3.63) is 30.3 Å². The molecule has 1 aromatic rings. The van der Waals surface area contributed by atoms with Crippen LogP contribution in [0.25, 0.3) is 0 Å². The number of nitrogens with zero attached hydrogens (tertiary/aromatic N) is 1. The lowest BCUT2D eigenvalue weighted by Gasteiger charge is -2.21. The van der Waals surface area contributed by atoms with Gasteiger partial charge in [-0.25, -0.2) is 0 Å². The lowest BCUT2D eigenvalue weighted by molar-refractivity contribution is -0.137. The highest BCUT2D eigenvalue weighted by molar-refractivity contribution is 8.24. The second kappa shape index (κ2) is 7.10. The van der Waals surface area contributed by atoms with Gasteiger partial charge in [-0.15, -0.1) is 0 Å². The monoisotopic (exact) mass is 298 g/mol. The molecule has 0 heterocycles. The van der Waals surface area contributed by atoms with Crippen molar-refractivity contribution in [1.82, 2.24) is 0 Å². The number of carboxylic acid groups (broad SMARTS) is 1. The first-order valence-corrected chi connectivity index (χ1v) is 6.71. The third-order valence-corrected chi connectivity index (χ3v) is 4.01. The lowest BCUT2D eigenvalue weighted by Crippen LogP contribution is -2.30. The molecule has 0 aromatic heterocycles. The number of carbonyl (C=O) groups is 2. The van der Waals surface area contributed by atoms with Gasteiger partial charge in [0, 0.05) is 19.2 Å². The van der Waals surface area contributed by atoms with Crippen molar-refractivity contribution < 1.29 is 14.7 Å². The number of thiocarbonyl (C=S) groups is 1. The minimum absolute atomic E-state index is 0.247. The second-order valence-electron chi connectivity index (χ2n) is 3.78. The van der Waals surface area contributed by atoms with Crippen LogP contribution in [0.15, 0.2) is 30.3 Å². The third kappa shape index (κ3) is 4.88. The SMILES string of the molecule is CN(C(=S)S[C@@H](CC(N)=O)C(=O)O)c1ccccc1. The predicted molar refractivity (Wildman–Crippen MR) is 80.3 cm³/mol. The van der Waals surface area contributed by atoms with Crippen LogP contribution >= 0.6 is 24.0 Å². The van der Waals surface area contributed by atoms with Gasteiger partial charge < -0.3 is 15.7 Å². The van der Waals surface area contributed by atoms with Gasteiger partial charge in [0.05, 0.1) is 0 Å². The molecule has 3 N–H and O–H groups in total. The standard InChI is InChI=1S/C12H14N2O3S2/c1-14(8-5-3-2-4-6-8)12(18)19-9(11(16)17)7-10(13)15/h2-6,9H,7H2,1H3,(H2,13,15)(H,16,17)/t9-/m0/s1. The fourth-order valence-corrected chi connectivity index (χ4v) is 2.63. The number of hydrogen-bond donors (Lipinski definition) is 2. The van der Waals surface area contributed by atoms with Gasteiger partial charge in [-0.2, -0.15) is 0 Å². The van der Waals surface area contributed by atoms with E-state index >= 15 is 0 Å². The fraction of sp³-hybridized carbons (Fsp3) is 0.250. The van der Waals surface area contributed by atoms with Crippen LogP contribution in [0.5, 0.6) is 0 Å². The summed E-state index contributed by atoms with van der Waals surface area (Å²) in [7, 11) is 1.74. The van der Waals surface area contributed by atoms with Crippen LogP contribution in [0.3, 0.4) is 0 Å². The highest BCUT2D eigenvalue weighted by atomic mass is 32.2. The lowest BCUT2D eigenvalue weighted by atomic mass is 10.3. The molecule has 0 aliphatic rings. The summed E-state index contributed by atoms with van der Waals surface area (Å²) in [4.78, 5) is 23.5. The molecule has 7 heteroatoms. The Hall–Kier alpha value is -1.60. The van der Waals surface area contributed by atoms with Gasteiger partial charge >= 0.3 is 5.97 Å². The normalized spacial score (nSPS) is 11.6. The number of aliphatic carboxylic acids is 1. The molecule has 19 heavy (non-hydrogen) atoms. The Bertz CT molecular complexity index is 479. The summed E-state index contributed by atoms with van der Waals surface area (Å²) in [6.45, 7) is 0. The number of benzene rings is 1. The van der Waals surface area contributed by atoms with Gasteiger partial charge in [0.1, 0.15) is 9.57 Å². The minimum atomic E-state index is -1.10. The molecular formula is C12H14N2O3S2. The molecule has 5 nitrogen and oxygen atoms in total. The average Bonchev–Trinajstić information content (AvgIpc) is 2.37. The number of rotatable bonds is 5. The van der Waals surface area contributed by atoms with Crippen LogP contribution in [0, 0.1) is 0 Å². The number of anilines is 1. The maximum Gasteiger partial charge on any atom is 0.317 e. The summed E-state index contributed by atoms with van der Waals surface area (Å²) in [5, 5.41) is 8.05. The van der Waals surface area contributed by atoms with Crippen molar-refractivity contribution in [3.8, 4) is 0 Å². The van der Waals surface area contributed by atoms with Crippen LogP contribution in [-0.2, 0) is 9.59 Å². The molecule has 0 radical (unpaired) electrons. The number of carboxylic acids is 1. The molecule has 0 aliphatic heterocycles. The Kier molecular flexibility index (Phi) is 5.78. The maximum atomic E-state index is 11.0. The first-order chi connectivity index (χ1) is 8.91. The molecule has 0 bridgehead atoms. The first-order valence-electron chi connectivity index (χ1n) is 5.42. The van der Waals surface area contributed by atoms with Crippen LogP contribution in [0.4, 0.5) is 5.69 Å². The van der Waals surface area contributed by atoms with Crippen molar-refractivity contribution >= 4 is 45.9 Å². The van der Waals surface area contributed by atoms with Crippen molar-refractivity contribution in [1.29, 1.82) is 0 Å². The molecule has 102 valence electrons.